The van der Waals surface area contributed by atoms with E-state index < -0.39 is 0 Å². The SMILES string of the molecule is CCc1c(Nc2nccs2)ccc2c1OCO2. The summed E-state index contributed by atoms with van der Waals surface area (Å²) in [7, 11) is 0. The summed E-state index contributed by atoms with van der Waals surface area (Å²) in [5.41, 5.74) is 2.17. The zero-order valence-electron chi connectivity index (χ0n) is 9.40. The smallest absolute Gasteiger partial charge is 0.231 e. The van der Waals surface area contributed by atoms with Crippen molar-refractivity contribution in [3.63, 3.8) is 0 Å². The maximum atomic E-state index is 5.50. The number of aromatic nitrogens is 1. The predicted octanol–water partition coefficient (Wildman–Crippen LogP) is 3.18. The van der Waals surface area contributed by atoms with Crippen LogP contribution in [0.2, 0.25) is 0 Å². The van der Waals surface area contributed by atoms with Gasteiger partial charge in [0.2, 0.25) is 6.79 Å². The molecule has 88 valence electrons. The van der Waals surface area contributed by atoms with E-state index in [4.69, 9.17) is 9.47 Å². The van der Waals surface area contributed by atoms with E-state index in [1.54, 1.807) is 17.5 Å². The third-order valence-corrected chi connectivity index (χ3v) is 3.36. The van der Waals surface area contributed by atoms with Crippen molar-refractivity contribution in [2.45, 2.75) is 13.3 Å². The van der Waals surface area contributed by atoms with E-state index in [1.165, 1.54) is 0 Å². The van der Waals surface area contributed by atoms with Gasteiger partial charge in [-0.1, -0.05) is 6.92 Å². The summed E-state index contributed by atoms with van der Waals surface area (Å²) in [5, 5.41) is 6.14. The lowest BCUT2D eigenvalue weighted by Crippen LogP contribution is -1.97. The highest BCUT2D eigenvalue weighted by atomic mass is 32.1. The fourth-order valence-electron chi connectivity index (χ4n) is 1.90. The molecule has 2 aromatic rings. The Morgan fingerprint density at radius 3 is 3.12 bits per heavy atom. The molecule has 0 amide bonds. The second-order valence-corrected chi connectivity index (χ2v) is 4.54. The van der Waals surface area contributed by atoms with Crippen molar-refractivity contribution in [3.8, 4) is 11.5 Å². The number of hydrogen-bond donors (Lipinski definition) is 1. The van der Waals surface area contributed by atoms with Gasteiger partial charge in [-0.3, -0.25) is 0 Å². The van der Waals surface area contributed by atoms with Gasteiger partial charge in [-0.25, -0.2) is 4.98 Å². The Kier molecular flexibility index (Phi) is 2.60. The Labute approximate surface area is 103 Å². The minimum absolute atomic E-state index is 0.309. The summed E-state index contributed by atoms with van der Waals surface area (Å²) in [6.07, 6.45) is 2.67. The summed E-state index contributed by atoms with van der Waals surface area (Å²) < 4.78 is 10.9. The van der Waals surface area contributed by atoms with Crippen LogP contribution in [0.3, 0.4) is 0 Å². The first-order valence-electron chi connectivity index (χ1n) is 5.46. The quantitative estimate of drug-likeness (QED) is 0.906. The third kappa shape index (κ3) is 1.82. The summed E-state index contributed by atoms with van der Waals surface area (Å²) in [4.78, 5) is 4.22. The molecule has 1 aromatic carbocycles. The molecule has 0 saturated carbocycles. The van der Waals surface area contributed by atoms with Crippen molar-refractivity contribution in [2.24, 2.45) is 0 Å². The maximum Gasteiger partial charge on any atom is 0.231 e. The second kappa shape index (κ2) is 4.25. The van der Waals surface area contributed by atoms with Gasteiger partial charge in [-0.15, -0.1) is 11.3 Å². The van der Waals surface area contributed by atoms with E-state index in [-0.39, 0.29) is 0 Å². The molecule has 5 heteroatoms. The first-order valence-corrected chi connectivity index (χ1v) is 6.34. The monoisotopic (exact) mass is 248 g/mol. The average molecular weight is 248 g/mol. The van der Waals surface area contributed by atoms with E-state index in [0.717, 1.165) is 34.3 Å². The van der Waals surface area contributed by atoms with E-state index >= 15 is 0 Å². The van der Waals surface area contributed by atoms with Gasteiger partial charge in [0, 0.05) is 22.8 Å². The molecular weight excluding hydrogens is 236 g/mol. The molecule has 2 heterocycles. The molecule has 4 nitrogen and oxygen atoms in total. The highest BCUT2D eigenvalue weighted by molar-refractivity contribution is 7.13. The summed E-state index contributed by atoms with van der Waals surface area (Å²) in [5.74, 6) is 1.68. The van der Waals surface area contributed by atoms with E-state index in [9.17, 15) is 0 Å². The molecule has 1 N–H and O–H groups in total. The van der Waals surface area contributed by atoms with Crippen LogP contribution in [-0.2, 0) is 6.42 Å². The Morgan fingerprint density at radius 1 is 1.41 bits per heavy atom. The van der Waals surface area contributed by atoms with Gasteiger partial charge in [-0.2, -0.15) is 0 Å². The van der Waals surface area contributed by atoms with Gasteiger partial charge in [0.1, 0.15) is 0 Å². The van der Waals surface area contributed by atoms with Gasteiger partial charge in [-0.05, 0) is 18.6 Å². The molecule has 0 unspecified atom stereocenters. The van der Waals surface area contributed by atoms with Crippen LogP contribution in [0.5, 0.6) is 11.5 Å². The highest BCUT2D eigenvalue weighted by Crippen LogP contribution is 2.40. The first kappa shape index (κ1) is 10.4. The van der Waals surface area contributed by atoms with Crippen molar-refractivity contribution in [1.82, 2.24) is 4.98 Å². The molecule has 17 heavy (non-hydrogen) atoms. The van der Waals surface area contributed by atoms with Gasteiger partial charge in [0.25, 0.3) is 0 Å². The van der Waals surface area contributed by atoms with E-state index in [1.807, 2.05) is 17.5 Å². The lowest BCUT2D eigenvalue weighted by Gasteiger charge is -2.11. The van der Waals surface area contributed by atoms with Crippen molar-refractivity contribution in [3.05, 3.63) is 29.3 Å². The van der Waals surface area contributed by atoms with Crippen molar-refractivity contribution in [2.75, 3.05) is 12.1 Å². The number of anilines is 2. The number of nitrogens with one attached hydrogen (secondary N) is 1. The number of rotatable bonds is 3. The molecule has 0 aliphatic carbocycles. The first-order chi connectivity index (χ1) is 8.38. The minimum atomic E-state index is 0.309. The van der Waals surface area contributed by atoms with Crippen molar-refractivity contribution >= 4 is 22.2 Å². The minimum Gasteiger partial charge on any atom is -0.454 e. The fourth-order valence-corrected chi connectivity index (χ4v) is 2.44. The Balaban J connectivity index is 1.99. The predicted molar refractivity (Wildman–Crippen MR) is 67.3 cm³/mol. The fraction of sp³-hybridized carbons (Fsp3) is 0.250. The molecule has 0 spiro atoms. The third-order valence-electron chi connectivity index (χ3n) is 2.67. The molecule has 1 aromatic heterocycles. The molecule has 0 saturated heterocycles. The number of benzene rings is 1. The topological polar surface area (TPSA) is 43.4 Å². The number of hydrogen-bond acceptors (Lipinski definition) is 5. The summed E-state index contributed by atoms with van der Waals surface area (Å²) in [6, 6.07) is 3.94. The van der Waals surface area contributed by atoms with Gasteiger partial charge >= 0.3 is 0 Å². The second-order valence-electron chi connectivity index (χ2n) is 3.64. The van der Waals surface area contributed by atoms with Crippen LogP contribution in [0.4, 0.5) is 10.8 Å². The molecule has 0 bridgehead atoms. The van der Waals surface area contributed by atoms with E-state index in [2.05, 4.69) is 17.2 Å². The maximum absolute atomic E-state index is 5.50. The summed E-state index contributed by atoms with van der Waals surface area (Å²) >= 11 is 1.58. The van der Waals surface area contributed by atoms with Crippen LogP contribution in [0.25, 0.3) is 0 Å². The van der Waals surface area contributed by atoms with Crippen LogP contribution >= 0.6 is 11.3 Å². The van der Waals surface area contributed by atoms with Crippen LogP contribution in [0.15, 0.2) is 23.7 Å². The van der Waals surface area contributed by atoms with Gasteiger partial charge < -0.3 is 14.8 Å². The molecule has 0 radical (unpaired) electrons. The number of fused-ring (bicyclic) bond motifs is 1. The lowest BCUT2D eigenvalue weighted by atomic mass is 10.1. The van der Waals surface area contributed by atoms with Gasteiger partial charge in [0.15, 0.2) is 16.6 Å². The van der Waals surface area contributed by atoms with E-state index in [0.29, 0.717) is 6.79 Å². The Hall–Kier alpha value is -1.75. The Morgan fingerprint density at radius 2 is 2.35 bits per heavy atom. The van der Waals surface area contributed by atoms with Crippen LogP contribution in [0.1, 0.15) is 12.5 Å². The zero-order valence-corrected chi connectivity index (χ0v) is 10.2. The van der Waals surface area contributed by atoms with Crippen LogP contribution < -0.4 is 14.8 Å². The molecule has 0 atom stereocenters. The Bertz CT molecular complexity index is 526. The van der Waals surface area contributed by atoms with Crippen LogP contribution in [0, 0.1) is 0 Å². The number of thiazole rings is 1. The standard InChI is InChI=1S/C12H12N2O2S/c1-2-8-9(14-12-13-5-6-17-12)3-4-10-11(8)16-7-15-10/h3-6H,2,7H2,1H3,(H,13,14). The van der Waals surface area contributed by atoms with Crippen LogP contribution in [-0.4, -0.2) is 11.8 Å². The average Bonchev–Trinajstić information content (AvgIpc) is 2.98. The number of nitrogens with zero attached hydrogens (tertiary/aromatic N) is 1. The molecule has 1 aliphatic heterocycles. The molecule has 3 rings (SSSR count). The molecule has 1 aliphatic rings. The normalized spacial score (nSPS) is 12.8. The lowest BCUT2D eigenvalue weighted by molar-refractivity contribution is 0.173. The highest BCUT2D eigenvalue weighted by Gasteiger charge is 2.19. The molecular formula is C12H12N2O2S. The van der Waals surface area contributed by atoms with Crippen molar-refractivity contribution in [1.29, 1.82) is 0 Å². The van der Waals surface area contributed by atoms with Gasteiger partial charge in [0.05, 0.1) is 0 Å². The van der Waals surface area contributed by atoms with Crippen molar-refractivity contribution < 1.29 is 9.47 Å². The molecule has 0 fully saturated rings. The largest absolute Gasteiger partial charge is 0.454 e. The zero-order chi connectivity index (χ0) is 11.7. The number of ether oxygens (including phenoxy) is 2. The summed E-state index contributed by atoms with van der Waals surface area (Å²) in [6.45, 7) is 2.41.